The summed E-state index contributed by atoms with van der Waals surface area (Å²) in [5.74, 6) is 1.66. The molecule has 54 heavy (non-hydrogen) atoms. The van der Waals surface area contributed by atoms with Crippen molar-refractivity contribution in [3.63, 3.8) is 0 Å². The molecule has 0 spiro atoms. The lowest BCUT2D eigenvalue weighted by atomic mass is 9.86. The van der Waals surface area contributed by atoms with Crippen molar-refractivity contribution in [1.29, 1.82) is 0 Å². The van der Waals surface area contributed by atoms with Crippen LogP contribution in [0.1, 0.15) is 0 Å². The van der Waals surface area contributed by atoms with E-state index in [9.17, 15) is 0 Å². The molecule has 1 aliphatic rings. The molecule has 0 saturated carbocycles. The lowest BCUT2D eigenvalue weighted by Crippen LogP contribution is -2.13. The zero-order valence-electron chi connectivity index (χ0n) is 29.6. The van der Waals surface area contributed by atoms with Crippen LogP contribution in [0.15, 0.2) is 212 Å². The van der Waals surface area contributed by atoms with Gasteiger partial charge in [-0.2, -0.15) is 0 Å². The predicted octanol–water partition coefficient (Wildman–Crippen LogP) is 14.8. The van der Waals surface area contributed by atoms with E-state index in [0.717, 1.165) is 73.1 Å². The van der Waals surface area contributed by atoms with E-state index in [2.05, 4.69) is 217 Å². The number of hydrogen-bond donors (Lipinski definition) is 0. The summed E-state index contributed by atoms with van der Waals surface area (Å²) >= 11 is 0. The molecule has 0 aromatic heterocycles. The number of anilines is 3. The molecular formula is C52H35NO. The smallest absolute Gasteiger partial charge is 0.137 e. The molecule has 0 radical (unpaired) electrons. The molecule has 0 N–H and O–H groups in total. The Morgan fingerprint density at radius 3 is 1.43 bits per heavy atom. The molecule has 9 aromatic carbocycles. The van der Waals surface area contributed by atoms with Crippen LogP contribution in [0.3, 0.4) is 0 Å². The van der Waals surface area contributed by atoms with E-state index in [1.807, 2.05) is 0 Å². The van der Waals surface area contributed by atoms with E-state index in [1.54, 1.807) is 0 Å². The molecular weight excluding hydrogens is 655 g/mol. The van der Waals surface area contributed by atoms with Crippen LogP contribution in [0.2, 0.25) is 0 Å². The standard InChI is InChI=1S/C52H35NO/c1-4-16-36(17-5-1)37-30-32-42(33-31-37)53(47-26-13-12-24-43(47)38-18-6-2-7-19-38)48-27-15-29-50-52(48)46-35-41-23-11-10-22-40(41)34-45(46)51-44(25-14-28-49(51)54-50)39-20-8-3-9-21-39/h1-35H. The average molecular weight is 690 g/mol. The lowest BCUT2D eigenvalue weighted by Gasteiger charge is -2.30. The van der Waals surface area contributed by atoms with Gasteiger partial charge >= 0.3 is 0 Å². The second kappa shape index (κ2) is 13.4. The fourth-order valence-corrected chi connectivity index (χ4v) is 7.96. The molecule has 0 amide bonds. The van der Waals surface area contributed by atoms with Crippen molar-refractivity contribution in [1.82, 2.24) is 0 Å². The summed E-state index contributed by atoms with van der Waals surface area (Å²) in [6.07, 6.45) is 0. The molecule has 2 heteroatoms. The second-order valence-electron chi connectivity index (χ2n) is 13.7. The van der Waals surface area contributed by atoms with Gasteiger partial charge in [0.2, 0.25) is 0 Å². The minimum Gasteiger partial charge on any atom is -0.456 e. The normalized spacial score (nSPS) is 11.5. The number of fused-ring (bicyclic) bond motifs is 6. The van der Waals surface area contributed by atoms with Crippen LogP contribution in [0.25, 0.3) is 66.4 Å². The third-order valence-corrected chi connectivity index (χ3v) is 10.5. The van der Waals surface area contributed by atoms with Crippen molar-refractivity contribution in [2.45, 2.75) is 0 Å². The number of hydrogen-bond acceptors (Lipinski definition) is 2. The molecule has 0 unspecified atom stereocenters. The first-order chi connectivity index (χ1) is 26.8. The van der Waals surface area contributed by atoms with Crippen LogP contribution in [-0.4, -0.2) is 0 Å². The van der Waals surface area contributed by atoms with Crippen molar-refractivity contribution in [3.05, 3.63) is 212 Å². The maximum Gasteiger partial charge on any atom is 0.137 e. The molecule has 0 saturated heterocycles. The zero-order chi connectivity index (χ0) is 35.8. The third-order valence-electron chi connectivity index (χ3n) is 10.5. The van der Waals surface area contributed by atoms with Gasteiger partial charge in [-0.05, 0) is 98.2 Å². The summed E-state index contributed by atoms with van der Waals surface area (Å²) in [5.41, 5.74) is 14.5. The van der Waals surface area contributed by atoms with E-state index in [0.29, 0.717) is 0 Å². The largest absolute Gasteiger partial charge is 0.456 e. The number of rotatable bonds is 6. The lowest BCUT2D eigenvalue weighted by molar-refractivity contribution is 0.488. The van der Waals surface area contributed by atoms with Crippen LogP contribution >= 0.6 is 0 Å². The minimum atomic E-state index is 0.816. The van der Waals surface area contributed by atoms with Gasteiger partial charge in [0, 0.05) is 22.4 Å². The van der Waals surface area contributed by atoms with Gasteiger partial charge in [-0.15, -0.1) is 0 Å². The van der Waals surface area contributed by atoms with E-state index >= 15 is 0 Å². The molecule has 2 nitrogen and oxygen atoms in total. The van der Waals surface area contributed by atoms with Gasteiger partial charge in [0.15, 0.2) is 0 Å². The van der Waals surface area contributed by atoms with Gasteiger partial charge in [-0.3, -0.25) is 0 Å². The Kier molecular flexibility index (Phi) is 7.85. The molecule has 0 fully saturated rings. The van der Waals surface area contributed by atoms with Gasteiger partial charge in [0.1, 0.15) is 11.5 Å². The van der Waals surface area contributed by atoms with Gasteiger partial charge in [-0.1, -0.05) is 164 Å². The molecule has 1 aliphatic heterocycles. The van der Waals surface area contributed by atoms with Crippen molar-refractivity contribution in [2.24, 2.45) is 0 Å². The number of benzene rings is 9. The van der Waals surface area contributed by atoms with E-state index in [-0.39, 0.29) is 0 Å². The van der Waals surface area contributed by atoms with Crippen molar-refractivity contribution in [3.8, 4) is 67.1 Å². The van der Waals surface area contributed by atoms with Gasteiger partial charge in [0.25, 0.3) is 0 Å². The number of para-hydroxylation sites is 1. The van der Waals surface area contributed by atoms with Gasteiger partial charge in [-0.25, -0.2) is 0 Å². The van der Waals surface area contributed by atoms with Crippen LogP contribution < -0.4 is 9.64 Å². The topological polar surface area (TPSA) is 12.5 Å². The molecule has 0 aliphatic carbocycles. The number of ether oxygens (including phenoxy) is 1. The Balaban J connectivity index is 1.27. The third kappa shape index (κ3) is 5.53. The van der Waals surface area contributed by atoms with E-state index in [4.69, 9.17) is 4.74 Å². The minimum absolute atomic E-state index is 0.816. The average Bonchev–Trinajstić information content (AvgIpc) is 3.39. The summed E-state index contributed by atoms with van der Waals surface area (Å²) in [4.78, 5) is 2.41. The highest BCUT2D eigenvalue weighted by Crippen LogP contribution is 2.55. The summed E-state index contributed by atoms with van der Waals surface area (Å²) < 4.78 is 7.10. The van der Waals surface area contributed by atoms with E-state index in [1.165, 1.54) is 21.9 Å². The highest BCUT2D eigenvalue weighted by Gasteiger charge is 2.29. The zero-order valence-corrected chi connectivity index (χ0v) is 29.6. The fraction of sp³-hybridized carbons (Fsp3) is 0. The fourth-order valence-electron chi connectivity index (χ4n) is 7.96. The summed E-state index contributed by atoms with van der Waals surface area (Å²) in [6, 6.07) is 75.8. The SMILES string of the molecule is c1ccc(-c2ccc(N(c3ccccc3-c3ccccc3)c3cccc4c3-c3cc5ccccc5cc3-c3c(cccc3-c3ccccc3)O4)cc2)cc1. The Labute approximate surface area is 315 Å². The van der Waals surface area contributed by atoms with Crippen molar-refractivity contribution in [2.75, 3.05) is 4.90 Å². The Morgan fingerprint density at radius 2 is 0.759 bits per heavy atom. The van der Waals surface area contributed by atoms with Crippen molar-refractivity contribution < 1.29 is 4.74 Å². The van der Waals surface area contributed by atoms with Crippen LogP contribution in [0.5, 0.6) is 11.5 Å². The van der Waals surface area contributed by atoms with Gasteiger partial charge < -0.3 is 9.64 Å². The highest BCUT2D eigenvalue weighted by molar-refractivity contribution is 6.07. The Morgan fingerprint density at radius 1 is 0.296 bits per heavy atom. The maximum absolute atomic E-state index is 7.10. The van der Waals surface area contributed by atoms with E-state index < -0.39 is 0 Å². The first kappa shape index (κ1) is 31.6. The maximum atomic E-state index is 7.10. The van der Waals surface area contributed by atoms with Crippen LogP contribution in [0, 0.1) is 0 Å². The first-order valence-corrected chi connectivity index (χ1v) is 18.4. The second-order valence-corrected chi connectivity index (χ2v) is 13.7. The molecule has 1 heterocycles. The highest BCUT2D eigenvalue weighted by atomic mass is 16.5. The molecule has 0 bridgehead atoms. The molecule has 0 atom stereocenters. The predicted molar refractivity (Wildman–Crippen MR) is 226 cm³/mol. The Hall–Kier alpha value is -7.16. The molecule has 10 rings (SSSR count). The molecule has 9 aromatic rings. The quantitative estimate of drug-likeness (QED) is 0.172. The Bertz CT molecular complexity index is 2770. The van der Waals surface area contributed by atoms with Gasteiger partial charge in [0.05, 0.1) is 11.4 Å². The summed E-state index contributed by atoms with van der Waals surface area (Å²) in [5, 5.41) is 2.37. The van der Waals surface area contributed by atoms with Crippen molar-refractivity contribution >= 4 is 27.8 Å². The first-order valence-electron chi connectivity index (χ1n) is 18.4. The monoisotopic (exact) mass is 689 g/mol. The van der Waals surface area contributed by atoms with Crippen LogP contribution in [-0.2, 0) is 0 Å². The van der Waals surface area contributed by atoms with Crippen LogP contribution in [0.4, 0.5) is 17.1 Å². The molecule has 254 valence electrons. The number of nitrogens with zero attached hydrogens (tertiary/aromatic N) is 1. The summed E-state index contributed by atoms with van der Waals surface area (Å²) in [6.45, 7) is 0. The summed E-state index contributed by atoms with van der Waals surface area (Å²) in [7, 11) is 0.